The molecule has 0 radical (unpaired) electrons. The highest BCUT2D eigenvalue weighted by Gasteiger charge is 2.29. The number of rotatable bonds is 6. The minimum absolute atomic E-state index is 0.0287. The van der Waals surface area contributed by atoms with Crippen LogP contribution in [0.4, 0.5) is 11.5 Å². The summed E-state index contributed by atoms with van der Waals surface area (Å²) in [7, 11) is 1.75. The van der Waals surface area contributed by atoms with Gasteiger partial charge in [0.1, 0.15) is 5.69 Å². The zero-order valence-electron chi connectivity index (χ0n) is 13.3. The first-order valence-electron chi connectivity index (χ1n) is 7.60. The van der Waals surface area contributed by atoms with Crippen LogP contribution in [-0.4, -0.2) is 45.3 Å². The molecule has 1 fully saturated rings. The van der Waals surface area contributed by atoms with Crippen LogP contribution in [0.25, 0.3) is 0 Å². The molecule has 118 valence electrons. The molecule has 0 saturated carbocycles. The highest BCUT2D eigenvalue weighted by atomic mass is 16.6. The minimum Gasteiger partial charge on any atom is -0.361 e. The fourth-order valence-electron chi connectivity index (χ4n) is 2.90. The molecule has 7 heteroatoms. The van der Waals surface area contributed by atoms with Crippen molar-refractivity contribution in [3.05, 3.63) is 15.8 Å². The Morgan fingerprint density at radius 2 is 1.95 bits per heavy atom. The largest absolute Gasteiger partial charge is 0.361 e. The zero-order chi connectivity index (χ0) is 15.6. The number of hydrogen-bond donors (Lipinski definition) is 1. The number of nitrogens with one attached hydrogen (secondary N) is 1. The summed E-state index contributed by atoms with van der Waals surface area (Å²) in [6, 6.07) is 0.150. The molecule has 0 aliphatic carbocycles. The second kappa shape index (κ2) is 6.43. The van der Waals surface area contributed by atoms with Gasteiger partial charge in [-0.05, 0) is 32.9 Å². The Hall–Kier alpha value is -1.63. The molecule has 1 aromatic heterocycles. The van der Waals surface area contributed by atoms with Crippen molar-refractivity contribution in [2.45, 2.75) is 45.6 Å². The smallest absolute Gasteiger partial charge is 0.334 e. The van der Waals surface area contributed by atoms with E-state index in [0.29, 0.717) is 11.5 Å². The van der Waals surface area contributed by atoms with Crippen LogP contribution in [0.15, 0.2) is 0 Å². The van der Waals surface area contributed by atoms with Gasteiger partial charge in [0.25, 0.3) is 0 Å². The van der Waals surface area contributed by atoms with Crippen LogP contribution < -0.4 is 5.32 Å². The molecule has 2 rings (SSSR count). The summed E-state index contributed by atoms with van der Waals surface area (Å²) in [5, 5.41) is 19.0. The average molecular weight is 295 g/mol. The van der Waals surface area contributed by atoms with E-state index in [2.05, 4.69) is 22.2 Å². The van der Waals surface area contributed by atoms with Crippen LogP contribution >= 0.6 is 0 Å². The maximum absolute atomic E-state index is 11.4. The minimum atomic E-state index is -0.326. The van der Waals surface area contributed by atoms with E-state index < -0.39 is 0 Å². The van der Waals surface area contributed by atoms with E-state index in [9.17, 15) is 10.1 Å². The predicted molar refractivity (Wildman–Crippen MR) is 82.7 cm³/mol. The Morgan fingerprint density at radius 1 is 1.33 bits per heavy atom. The predicted octanol–water partition coefficient (Wildman–Crippen LogP) is 2.35. The number of anilines is 1. The van der Waals surface area contributed by atoms with Gasteiger partial charge in [0.2, 0.25) is 5.82 Å². The summed E-state index contributed by atoms with van der Waals surface area (Å²) in [4.78, 5) is 13.5. The Labute approximate surface area is 125 Å². The van der Waals surface area contributed by atoms with Gasteiger partial charge in [0, 0.05) is 25.6 Å². The Bertz CT molecular complexity index is 506. The number of hydrogen-bond acceptors (Lipinski definition) is 5. The van der Waals surface area contributed by atoms with E-state index in [-0.39, 0.29) is 22.6 Å². The van der Waals surface area contributed by atoms with Crippen LogP contribution in [0.5, 0.6) is 0 Å². The van der Waals surface area contributed by atoms with Gasteiger partial charge in [-0.2, -0.15) is 5.10 Å². The molecule has 1 N–H and O–H groups in total. The summed E-state index contributed by atoms with van der Waals surface area (Å²) in [5.74, 6) is 0.538. The first-order valence-corrected chi connectivity index (χ1v) is 7.60. The first-order chi connectivity index (χ1) is 9.90. The quantitative estimate of drug-likeness (QED) is 0.644. The lowest BCUT2D eigenvalue weighted by Crippen LogP contribution is -2.33. The maximum Gasteiger partial charge on any atom is 0.334 e. The summed E-state index contributed by atoms with van der Waals surface area (Å²) in [5.41, 5.74) is 0.652. The van der Waals surface area contributed by atoms with Crippen molar-refractivity contribution in [3.63, 3.8) is 0 Å². The molecule has 1 saturated heterocycles. The summed E-state index contributed by atoms with van der Waals surface area (Å²) >= 11 is 0. The van der Waals surface area contributed by atoms with Crippen molar-refractivity contribution in [2.75, 3.05) is 25.0 Å². The standard InChI is InChI=1S/C14H25N5O2/c1-10(2)12-13(19(20)21)14(17(4)16-12)15-11(3)9-18-7-5-6-8-18/h10-11,15H,5-9H2,1-4H3. The topological polar surface area (TPSA) is 76.2 Å². The molecule has 0 spiro atoms. The van der Waals surface area contributed by atoms with Crippen molar-refractivity contribution >= 4 is 11.5 Å². The van der Waals surface area contributed by atoms with Gasteiger partial charge < -0.3 is 10.2 Å². The van der Waals surface area contributed by atoms with Crippen molar-refractivity contribution in [1.82, 2.24) is 14.7 Å². The maximum atomic E-state index is 11.4. The fraction of sp³-hybridized carbons (Fsp3) is 0.786. The lowest BCUT2D eigenvalue weighted by Gasteiger charge is -2.21. The van der Waals surface area contributed by atoms with E-state index in [1.165, 1.54) is 12.8 Å². The van der Waals surface area contributed by atoms with Gasteiger partial charge in [-0.15, -0.1) is 0 Å². The lowest BCUT2D eigenvalue weighted by atomic mass is 10.1. The normalized spacial score (nSPS) is 17.4. The van der Waals surface area contributed by atoms with Crippen molar-refractivity contribution in [2.24, 2.45) is 7.05 Å². The highest BCUT2D eigenvalue weighted by molar-refractivity contribution is 5.61. The molecule has 2 heterocycles. The summed E-state index contributed by atoms with van der Waals surface area (Å²) in [6.45, 7) is 9.05. The molecule has 1 atom stereocenters. The highest BCUT2D eigenvalue weighted by Crippen LogP contribution is 2.33. The van der Waals surface area contributed by atoms with Crippen molar-refractivity contribution in [3.8, 4) is 0 Å². The first kappa shape index (κ1) is 15.8. The Balaban J connectivity index is 2.16. The fourth-order valence-corrected chi connectivity index (χ4v) is 2.90. The summed E-state index contributed by atoms with van der Waals surface area (Å²) in [6.07, 6.45) is 2.49. The molecular formula is C14H25N5O2. The zero-order valence-corrected chi connectivity index (χ0v) is 13.3. The van der Waals surface area contributed by atoms with Gasteiger partial charge in [-0.1, -0.05) is 13.8 Å². The third-order valence-electron chi connectivity index (χ3n) is 3.89. The van der Waals surface area contributed by atoms with E-state index in [1.54, 1.807) is 11.7 Å². The van der Waals surface area contributed by atoms with Gasteiger partial charge in [0.05, 0.1) is 4.92 Å². The number of nitro groups is 1. The molecule has 7 nitrogen and oxygen atoms in total. The average Bonchev–Trinajstić information content (AvgIpc) is 2.98. The van der Waals surface area contributed by atoms with Gasteiger partial charge >= 0.3 is 5.69 Å². The second-order valence-corrected chi connectivity index (χ2v) is 6.17. The van der Waals surface area contributed by atoms with Crippen molar-refractivity contribution in [1.29, 1.82) is 0 Å². The monoisotopic (exact) mass is 295 g/mol. The van der Waals surface area contributed by atoms with Gasteiger partial charge in [-0.3, -0.25) is 10.1 Å². The molecule has 1 aliphatic heterocycles. The summed E-state index contributed by atoms with van der Waals surface area (Å²) < 4.78 is 1.59. The molecule has 0 aromatic carbocycles. The number of aryl methyl sites for hydroxylation is 1. The van der Waals surface area contributed by atoms with Crippen molar-refractivity contribution < 1.29 is 4.92 Å². The second-order valence-electron chi connectivity index (χ2n) is 6.17. The molecule has 0 bridgehead atoms. The van der Waals surface area contributed by atoms with E-state index in [0.717, 1.165) is 19.6 Å². The van der Waals surface area contributed by atoms with Crippen LogP contribution in [-0.2, 0) is 7.05 Å². The molecule has 21 heavy (non-hydrogen) atoms. The molecular weight excluding hydrogens is 270 g/mol. The number of likely N-dealkylation sites (tertiary alicyclic amines) is 1. The van der Waals surface area contributed by atoms with Crippen LogP contribution in [0, 0.1) is 10.1 Å². The lowest BCUT2D eigenvalue weighted by molar-refractivity contribution is -0.384. The van der Waals surface area contributed by atoms with E-state index in [4.69, 9.17) is 0 Å². The number of nitrogens with zero attached hydrogens (tertiary/aromatic N) is 4. The SMILES string of the molecule is CC(CN1CCCC1)Nc1c([N+](=O)[O-])c(C(C)C)nn1C. The Kier molecular flexibility index (Phi) is 4.82. The molecule has 1 unspecified atom stereocenters. The van der Waals surface area contributed by atoms with Crippen LogP contribution in [0.2, 0.25) is 0 Å². The third kappa shape index (κ3) is 3.53. The molecule has 0 amide bonds. The van der Waals surface area contributed by atoms with E-state index >= 15 is 0 Å². The Morgan fingerprint density at radius 3 is 2.48 bits per heavy atom. The number of aromatic nitrogens is 2. The third-order valence-corrected chi connectivity index (χ3v) is 3.89. The molecule has 1 aromatic rings. The van der Waals surface area contributed by atoms with Crippen LogP contribution in [0.3, 0.4) is 0 Å². The van der Waals surface area contributed by atoms with Crippen LogP contribution in [0.1, 0.15) is 45.2 Å². The van der Waals surface area contributed by atoms with Gasteiger partial charge in [-0.25, -0.2) is 4.68 Å². The molecule has 1 aliphatic rings. The van der Waals surface area contributed by atoms with E-state index in [1.807, 2.05) is 13.8 Å². The van der Waals surface area contributed by atoms with Gasteiger partial charge in [0.15, 0.2) is 0 Å².